The molecular weight excluding hydrogens is 420 g/mol. The minimum Gasteiger partial charge on any atom is -0.337 e. The zero-order valence-electron chi connectivity index (χ0n) is 19.2. The summed E-state index contributed by atoms with van der Waals surface area (Å²) in [5.74, 6) is 2.08. The molecule has 6 heteroatoms. The molecule has 34 heavy (non-hydrogen) atoms. The second-order valence-electron chi connectivity index (χ2n) is 9.00. The molecule has 0 fully saturated rings. The molecular formula is C28H24N6. The van der Waals surface area contributed by atoms with Crippen LogP contribution in [0.2, 0.25) is 0 Å². The highest BCUT2D eigenvalue weighted by atomic mass is 15.1. The van der Waals surface area contributed by atoms with Crippen LogP contribution in [-0.4, -0.2) is 28.2 Å². The summed E-state index contributed by atoms with van der Waals surface area (Å²) < 4.78 is 8.99. The number of nitrogens with zero attached hydrogens (tertiary/aromatic N) is 6. The van der Waals surface area contributed by atoms with Gasteiger partial charge in [0.05, 0.1) is 24.1 Å². The second-order valence-corrected chi connectivity index (χ2v) is 9.00. The van der Waals surface area contributed by atoms with Crippen molar-refractivity contribution in [3.8, 4) is 0 Å². The molecule has 0 unspecified atom stereocenters. The third-order valence-electron chi connectivity index (χ3n) is 7.11. The fourth-order valence-electron chi connectivity index (χ4n) is 5.31. The average Bonchev–Trinajstić information content (AvgIpc) is 3.61. The van der Waals surface area contributed by atoms with Gasteiger partial charge in [0.2, 0.25) is 0 Å². The molecule has 6 nitrogen and oxygen atoms in total. The average molecular weight is 445 g/mol. The molecule has 0 N–H and O–H groups in total. The van der Waals surface area contributed by atoms with Gasteiger partial charge in [0.15, 0.2) is 0 Å². The van der Waals surface area contributed by atoms with Crippen molar-refractivity contribution < 1.29 is 0 Å². The van der Waals surface area contributed by atoms with Crippen LogP contribution < -0.4 is 0 Å². The molecule has 0 aliphatic carbocycles. The molecule has 0 saturated heterocycles. The van der Waals surface area contributed by atoms with E-state index in [1.54, 1.807) is 0 Å². The summed E-state index contributed by atoms with van der Waals surface area (Å²) in [6.07, 6.45) is 7.75. The van der Waals surface area contributed by atoms with Gasteiger partial charge in [-0.1, -0.05) is 36.4 Å². The molecule has 166 valence electrons. The van der Waals surface area contributed by atoms with E-state index in [0.717, 1.165) is 24.7 Å². The third kappa shape index (κ3) is 2.68. The Morgan fingerprint density at radius 3 is 1.41 bits per heavy atom. The lowest BCUT2D eigenvalue weighted by Crippen LogP contribution is -2.06. The van der Waals surface area contributed by atoms with Crippen molar-refractivity contribution in [2.75, 3.05) is 0 Å². The Labute approximate surface area is 196 Å². The quantitative estimate of drug-likeness (QED) is 0.362. The van der Waals surface area contributed by atoms with E-state index in [4.69, 9.17) is 0 Å². The van der Waals surface area contributed by atoms with Gasteiger partial charge in [-0.05, 0) is 24.3 Å². The summed E-state index contributed by atoms with van der Waals surface area (Å²) in [6, 6.07) is 22.1. The zero-order valence-corrected chi connectivity index (χ0v) is 19.2. The van der Waals surface area contributed by atoms with Crippen LogP contribution >= 0.6 is 0 Å². The zero-order chi connectivity index (χ0) is 22.8. The Kier molecular flexibility index (Phi) is 4.00. The van der Waals surface area contributed by atoms with Crippen molar-refractivity contribution in [1.82, 2.24) is 28.2 Å². The van der Waals surface area contributed by atoms with Crippen LogP contribution in [0.4, 0.5) is 0 Å². The number of fused-ring (bicyclic) bond motifs is 6. The summed E-state index contributed by atoms with van der Waals surface area (Å²) in [6.45, 7) is 1.45. The van der Waals surface area contributed by atoms with Gasteiger partial charge in [-0.3, -0.25) is 0 Å². The molecule has 0 amide bonds. The fraction of sp³-hybridized carbons (Fsp3) is 0.143. The summed E-state index contributed by atoms with van der Waals surface area (Å²) in [4.78, 5) is 9.20. The number of rotatable bonds is 4. The maximum absolute atomic E-state index is 4.60. The largest absolute Gasteiger partial charge is 0.337 e. The summed E-state index contributed by atoms with van der Waals surface area (Å²) in [5.41, 5.74) is 4.93. The Bertz CT molecular complexity index is 1710. The number of hydrogen-bond donors (Lipinski definition) is 0. The molecule has 0 saturated carbocycles. The molecule has 7 rings (SSSR count). The number of aromatic nitrogens is 6. The van der Waals surface area contributed by atoms with E-state index in [9.17, 15) is 0 Å². The summed E-state index contributed by atoms with van der Waals surface area (Å²) >= 11 is 0. The number of hydrogen-bond acceptors (Lipinski definition) is 2. The van der Waals surface area contributed by atoms with Crippen LogP contribution in [-0.2, 0) is 27.2 Å². The number of benzene rings is 3. The van der Waals surface area contributed by atoms with Gasteiger partial charge in [0.25, 0.3) is 0 Å². The molecule has 4 heterocycles. The Morgan fingerprint density at radius 1 is 0.559 bits per heavy atom. The Hall–Kier alpha value is -4.32. The highest BCUT2D eigenvalue weighted by molar-refractivity contribution is 6.17. The molecule has 0 atom stereocenters. The highest BCUT2D eigenvalue weighted by Crippen LogP contribution is 2.37. The van der Waals surface area contributed by atoms with Gasteiger partial charge in [0, 0.05) is 71.5 Å². The lowest BCUT2D eigenvalue weighted by Gasteiger charge is -2.09. The predicted molar refractivity (Wildman–Crippen MR) is 137 cm³/mol. The molecule has 3 aromatic carbocycles. The third-order valence-corrected chi connectivity index (χ3v) is 7.11. The molecule has 0 aliphatic heterocycles. The lowest BCUT2D eigenvalue weighted by molar-refractivity contribution is 0.731. The van der Waals surface area contributed by atoms with Crippen molar-refractivity contribution in [3.63, 3.8) is 0 Å². The number of imidazole rings is 2. The van der Waals surface area contributed by atoms with E-state index in [-0.39, 0.29) is 0 Å². The minimum absolute atomic E-state index is 0.727. The van der Waals surface area contributed by atoms with Crippen LogP contribution in [0.3, 0.4) is 0 Å². The first-order valence-corrected chi connectivity index (χ1v) is 11.5. The van der Waals surface area contributed by atoms with Crippen molar-refractivity contribution in [1.29, 1.82) is 0 Å². The SMILES string of the molecule is Cn1ccnc1Cn1c2ccccc2c2cc3c(cc21)c1ccccc1n3Cc1nccn1C. The van der Waals surface area contributed by atoms with Crippen LogP contribution in [0.15, 0.2) is 85.5 Å². The van der Waals surface area contributed by atoms with Crippen LogP contribution in [0, 0.1) is 0 Å². The first-order chi connectivity index (χ1) is 16.7. The Balaban J connectivity index is 1.56. The monoisotopic (exact) mass is 444 g/mol. The summed E-state index contributed by atoms with van der Waals surface area (Å²) in [5, 5.41) is 5.06. The number of aryl methyl sites for hydroxylation is 2. The normalized spacial score (nSPS) is 12.1. The van der Waals surface area contributed by atoms with E-state index < -0.39 is 0 Å². The van der Waals surface area contributed by atoms with Crippen molar-refractivity contribution in [2.24, 2.45) is 14.1 Å². The van der Waals surface area contributed by atoms with Crippen LogP contribution in [0.25, 0.3) is 43.6 Å². The van der Waals surface area contributed by atoms with Gasteiger partial charge in [-0.25, -0.2) is 9.97 Å². The Morgan fingerprint density at radius 2 is 1.00 bits per heavy atom. The minimum atomic E-state index is 0.727. The van der Waals surface area contributed by atoms with E-state index >= 15 is 0 Å². The van der Waals surface area contributed by atoms with Crippen LogP contribution in [0.5, 0.6) is 0 Å². The highest BCUT2D eigenvalue weighted by Gasteiger charge is 2.18. The van der Waals surface area contributed by atoms with Crippen molar-refractivity contribution in [2.45, 2.75) is 13.1 Å². The van der Waals surface area contributed by atoms with E-state index in [0.29, 0.717) is 0 Å². The molecule has 0 bridgehead atoms. The molecule has 0 radical (unpaired) electrons. The van der Waals surface area contributed by atoms with Crippen LogP contribution in [0.1, 0.15) is 11.6 Å². The molecule has 4 aromatic heterocycles. The van der Waals surface area contributed by atoms with Gasteiger partial charge in [0.1, 0.15) is 11.6 Å². The fourth-order valence-corrected chi connectivity index (χ4v) is 5.31. The van der Waals surface area contributed by atoms with E-state index in [1.807, 2.05) is 24.8 Å². The van der Waals surface area contributed by atoms with Gasteiger partial charge in [-0.2, -0.15) is 0 Å². The molecule has 0 aliphatic rings. The maximum atomic E-state index is 4.60. The standard InChI is InChI=1S/C28H24N6/c1-31-13-11-29-27(31)17-33-23-9-5-3-7-19(23)21-16-26-22(15-25(21)33)20-8-4-6-10-24(20)34(26)18-28-30-12-14-32(28)2/h3-16H,17-18H2,1-2H3. The smallest absolute Gasteiger partial charge is 0.128 e. The summed E-state index contributed by atoms with van der Waals surface area (Å²) in [7, 11) is 4.11. The lowest BCUT2D eigenvalue weighted by atomic mass is 10.1. The van der Waals surface area contributed by atoms with Crippen molar-refractivity contribution in [3.05, 3.63) is 97.1 Å². The first kappa shape index (κ1) is 19.2. The molecule has 0 spiro atoms. The van der Waals surface area contributed by atoms with E-state index in [2.05, 4.69) is 103 Å². The van der Waals surface area contributed by atoms with E-state index in [1.165, 1.54) is 43.6 Å². The second kappa shape index (κ2) is 7.09. The van der Waals surface area contributed by atoms with Gasteiger partial charge < -0.3 is 18.3 Å². The molecule has 7 aromatic rings. The number of para-hydroxylation sites is 2. The van der Waals surface area contributed by atoms with Crippen molar-refractivity contribution >= 4 is 43.6 Å². The van der Waals surface area contributed by atoms with Gasteiger partial charge in [-0.15, -0.1) is 0 Å². The predicted octanol–water partition coefficient (Wildman–Crippen LogP) is 5.47. The van der Waals surface area contributed by atoms with Gasteiger partial charge >= 0.3 is 0 Å². The first-order valence-electron chi connectivity index (χ1n) is 11.5. The maximum Gasteiger partial charge on any atom is 0.128 e. The topological polar surface area (TPSA) is 45.5 Å².